The Morgan fingerprint density at radius 2 is 2.17 bits per heavy atom. The van der Waals surface area contributed by atoms with Crippen LogP contribution in [0.4, 0.5) is 0 Å². The summed E-state index contributed by atoms with van der Waals surface area (Å²) in [5.74, 6) is 0.425. The Labute approximate surface area is 104 Å². The molecule has 0 saturated carbocycles. The van der Waals surface area contributed by atoms with E-state index in [1.807, 2.05) is 18.2 Å². The van der Waals surface area contributed by atoms with E-state index in [-0.39, 0.29) is 11.5 Å². The zero-order valence-corrected chi connectivity index (χ0v) is 9.89. The molecule has 2 atom stereocenters. The van der Waals surface area contributed by atoms with Gasteiger partial charge in [-0.1, -0.05) is 12.1 Å². The Morgan fingerprint density at radius 1 is 1.33 bits per heavy atom. The Kier molecular flexibility index (Phi) is 2.85. The van der Waals surface area contributed by atoms with Gasteiger partial charge in [-0.15, -0.1) is 0 Å². The second-order valence-electron chi connectivity index (χ2n) is 4.63. The highest BCUT2D eigenvalue weighted by molar-refractivity contribution is 5.77. The number of rotatable bonds is 1. The summed E-state index contributed by atoms with van der Waals surface area (Å²) >= 11 is 0. The summed E-state index contributed by atoms with van der Waals surface area (Å²) in [5.41, 5.74) is 0.530. The molecular weight excluding hydrogens is 230 g/mol. The second-order valence-corrected chi connectivity index (χ2v) is 4.63. The van der Waals surface area contributed by atoms with Gasteiger partial charge < -0.3 is 15.4 Å². The zero-order chi connectivity index (χ0) is 12.5. The second kappa shape index (κ2) is 4.51. The minimum atomic E-state index is -0.449. The largest absolute Gasteiger partial charge is 0.392 e. The smallest absolute Gasteiger partial charge is 0.258 e. The predicted molar refractivity (Wildman–Crippen MR) is 68.6 cm³/mol. The monoisotopic (exact) mass is 245 g/mol. The third-order valence-corrected chi connectivity index (χ3v) is 3.43. The lowest BCUT2D eigenvalue weighted by Gasteiger charge is -2.27. The normalized spacial score (nSPS) is 24.3. The van der Waals surface area contributed by atoms with Crippen molar-refractivity contribution in [2.75, 3.05) is 13.1 Å². The Morgan fingerprint density at radius 3 is 3.00 bits per heavy atom. The highest BCUT2D eigenvalue weighted by atomic mass is 16.3. The van der Waals surface area contributed by atoms with E-state index < -0.39 is 6.10 Å². The molecule has 1 fully saturated rings. The van der Waals surface area contributed by atoms with E-state index in [0.717, 1.165) is 6.54 Å². The first kappa shape index (κ1) is 11.4. The molecule has 18 heavy (non-hydrogen) atoms. The molecule has 1 saturated heterocycles. The highest BCUT2D eigenvalue weighted by Gasteiger charge is 2.26. The van der Waals surface area contributed by atoms with Crippen LogP contribution in [0.5, 0.6) is 0 Å². The Balaban J connectivity index is 2.09. The van der Waals surface area contributed by atoms with Crippen molar-refractivity contribution in [1.82, 2.24) is 15.3 Å². The molecule has 1 aliphatic rings. The van der Waals surface area contributed by atoms with Crippen LogP contribution in [0.1, 0.15) is 18.2 Å². The quantitative estimate of drug-likeness (QED) is 0.678. The van der Waals surface area contributed by atoms with Gasteiger partial charge in [0, 0.05) is 6.54 Å². The highest BCUT2D eigenvalue weighted by Crippen LogP contribution is 2.21. The number of nitrogens with zero attached hydrogens (tertiary/aromatic N) is 1. The van der Waals surface area contributed by atoms with Gasteiger partial charge in [0.15, 0.2) is 0 Å². The first-order chi connectivity index (χ1) is 8.75. The molecule has 0 unspecified atom stereocenters. The number of H-pyrrole nitrogens is 1. The molecule has 0 radical (unpaired) electrons. The number of piperidine rings is 1. The van der Waals surface area contributed by atoms with Crippen molar-refractivity contribution < 1.29 is 5.11 Å². The molecular formula is C13H15N3O2. The maximum absolute atomic E-state index is 12.0. The third kappa shape index (κ3) is 1.91. The number of aromatic nitrogens is 2. The standard InChI is InChI=1S/C13H15N3O2/c17-11-5-6-14-7-9(11)12-15-10-4-2-1-3-8(10)13(18)16-12/h1-4,9,11,14,17H,5-7H2,(H,15,16,18)/t9-,11+/m0/s1. The number of aliphatic hydroxyl groups is 1. The van der Waals surface area contributed by atoms with Crippen LogP contribution in [-0.2, 0) is 0 Å². The van der Waals surface area contributed by atoms with Gasteiger partial charge in [-0.3, -0.25) is 4.79 Å². The van der Waals surface area contributed by atoms with Gasteiger partial charge in [-0.2, -0.15) is 0 Å². The summed E-state index contributed by atoms with van der Waals surface area (Å²) in [6.07, 6.45) is 0.233. The van der Waals surface area contributed by atoms with Crippen molar-refractivity contribution in [3.05, 3.63) is 40.4 Å². The van der Waals surface area contributed by atoms with E-state index in [0.29, 0.717) is 29.7 Å². The molecule has 1 aromatic heterocycles. The van der Waals surface area contributed by atoms with Crippen molar-refractivity contribution in [2.45, 2.75) is 18.4 Å². The van der Waals surface area contributed by atoms with Gasteiger partial charge in [-0.25, -0.2) is 4.98 Å². The first-order valence-electron chi connectivity index (χ1n) is 6.13. The molecule has 0 amide bonds. The minimum Gasteiger partial charge on any atom is -0.392 e. The molecule has 2 heterocycles. The van der Waals surface area contributed by atoms with Gasteiger partial charge >= 0.3 is 0 Å². The lowest BCUT2D eigenvalue weighted by atomic mass is 9.95. The van der Waals surface area contributed by atoms with Gasteiger partial charge in [-0.05, 0) is 25.1 Å². The van der Waals surface area contributed by atoms with Gasteiger partial charge in [0.2, 0.25) is 0 Å². The molecule has 2 aromatic rings. The number of hydrogen-bond donors (Lipinski definition) is 3. The van der Waals surface area contributed by atoms with Crippen molar-refractivity contribution in [2.24, 2.45) is 0 Å². The van der Waals surface area contributed by atoms with Crippen LogP contribution in [0.15, 0.2) is 29.1 Å². The third-order valence-electron chi connectivity index (χ3n) is 3.43. The van der Waals surface area contributed by atoms with Crippen LogP contribution in [-0.4, -0.2) is 34.3 Å². The SMILES string of the molecule is O=c1[nH]c([C@H]2CNCC[C@H]2O)nc2ccccc12. The maximum Gasteiger partial charge on any atom is 0.258 e. The van der Waals surface area contributed by atoms with Gasteiger partial charge in [0.25, 0.3) is 5.56 Å². The topological polar surface area (TPSA) is 78.0 Å². The number of hydrogen-bond acceptors (Lipinski definition) is 4. The van der Waals surface area contributed by atoms with Crippen molar-refractivity contribution >= 4 is 10.9 Å². The molecule has 1 aromatic carbocycles. The summed E-state index contributed by atoms with van der Waals surface area (Å²) in [6.45, 7) is 1.44. The van der Waals surface area contributed by atoms with Crippen LogP contribution in [0.25, 0.3) is 10.9 Å². The van der Waals surface area contributed by atoms with E-state index >= 15 is 0 Å². The number of fused-ring (bicyclic) bond motifs is 1. The van der Waals surface area contributed by atoms with Gasteiger partial charge in [0.1, 0.15) is 5.82 Å². The average molecular weight is 245 g/mol. The van der Waals surface area contributed by atoms with Crippen molar-refractivity contribution in [1.29, 1.82) is 0 Å². The summed E-state index contributed by atoms with van der Waals surface area (Å²) in [4.78, 5) is 19.2. The van der Waals surface area contributed by atoms with Crippen LogP contribution < -0.4 is 10.9 Å². The van der Waals surface area contributed by atoms with E-state index in [9.17, 15) is 9.90 Å². The van der Waals surface area contributed by atoms with Crippen LogP contribution in [0, 0.1) is 0 Å². The maximum atomic E-state index is 12.0. The fourth-order valence-corrected chi connectivity index (χ4v) is 2.40. The van der Waals surface area contributed by atoms with Crippen LogP contribution in [0.2, 0.25) is 0 Å². The fraction of sp³-hybridized carbons (Fsp3) is 0.385. The lowest BCUT2D eigenvalue weighted by Crippen LogP contribution is -2.39. The molecule has 0 bridgehead atoms. The van der Waals surface area contributed by atoms with E-state index in [1.165, 1.54) is 0 Å². The molecule has 5 heteroatoms. The number of benzene rings is 1. The molecule has 3 N–H and O–H groups in total. The molecule has 5 nitrogen and oxygen atoms in total. The fourth-order valence-electron chi connectivity index (χ4n) is 2.40. The molecule has 1 aliphatic heterocycles. The Hall–Kier alpha value is -1.72. The summed E-state index contributed by atoms with van der Waals surface area (Å²) in [6, 6.07) is 7.24. The van der Waals surface area contributed by atoms with Gasteiger partial charge in [0.05, 0.1) is 22.9 Å². The summed E-state index contributed by atoms with van der Waals surface area (Å²) in [7, 11) is 0. The molecule has 0 aliphatic carbocycles. The average Bonchev–Trinajstić information content (AvgIpc) is 2.39. The van der Waals surface area contributed by atoms with Crippen molar-refractivity contribution in [3.63, 3.8) is 0 Å². The van der Waals surface area contributed by atoms with E-state index in [1.54, 1.807) is 6.07 Å². The van der Waals surface area contributed by atoms with E-state index in [4.69, 9.17) is 0 Å². The Bertz CT molecular complexity index is 623. The first-order valence-corrected chi connectivity index (χ1v) is 6.13. The molecule has 94 valence electrons. The predicted octanol–water partition coefficient (Wildman–Crippen LogP) is 0.361. The number of aromatic amines is 1. The number of nitrogens with one attached hydrogen (secondary N) is 2. The number of para-hydroxylation sites is 1. The molecule has 3 rings (SSSR count). The summed E-state index contributed by atoms with van der Waals surface area (Å²) in [5, 5.41) is 13.8. The van der Waals surface area contributed by atoms with Crippen LogP contribution >= 0.6 is 0 Å². The van der Waals surface area contributed by atoms with Crippen LogP contribution in [0.3, 0.4) is 0 Å². The summed E-state index contributed by atoms with van der Waals surface area (Å²) < 4.78 is 0. The van der Waals surface area contributed by atoms with E-state index in [2.05, 4.69) is 15.3 Å². The lowest BCUT2D eigenvalue weighted by molar-refractivity contribution is 0.111. The number of aliphatic hydroxyl groups excluding tert-OH is 1. The zero-order valence-electron chi connectivity index (χ0n) is 9.89. The molecule has 0 spiro atoms. The minimum absolute atomic E-state index is 0.143. The van der Waals surface area contributed by atoms with Crippen molar-refractivity contribution in [3.8, 4) is 0 Å².